The standard InChI is InChI=1S/C8H12N4O4.H2O3S/c9-7-10-3-12(8(15)11-7)6-1-4(14)5(2-13)16-6;1-4(2)3/h3-6,13-14H,1-2H2,(H2,9,11,15);(H2,1,2,3)/t4-,5+,6+;/m0./s1. The summed E-state index contributed by atoms with van der Waals surface area (Å²) in [6.45, 7) is -0.303. The van der Waals surface area contributed by atoms with Crippen LogP contribution in [0.5, 0.6) is 0 Å². The van der Waals surface area contributed by atoms with E-state index in [1.54, 1.807) is 0 Å². The van der Waals surface area contributed by atoms with Crippen molar-refractivity contribution in [2.45, 2.75) is 24.9 Å². The summed E-state index contributed by atoms with van der Waals surface area (Å²) in [6, 6.07) is 0. The molecule has 0 amide bonds. The number of nitrogens with two attached hydrogens (primary N) is 1. The average Bonchev–Trinajstić information content (AvgIpc) is 2.69. The molecule has 1 aliphatic heterocycles. The molecule has 1 aromatic heterocycles. The molecule has 1 aliphatic rings. The molecule has 0 aliphatic carbocycles. The lowest BCUT2D eigenvalue weighted by Crippen LogP contribution is -2.28. The van der Waals surface area contributed by atoms with Gasteiger partial charge in [0.05, 0.1) is 12.7 Å². The van der Waals surface area contributed by atoms with E-state index in [0.717, 1.165) is 4.57 Å². The van der Waals surface area contributed by atoms with E-state index in [1.165, 1.54) is 6.33 Å². The Morgan fingerprint density at radius 1 is 1.55 bits per heavy atom. The van der Waals surface area contributed by atoms with Gasteiger partial charge >= 0.3 is 5.69 Å². The first-order chi connectivity index (χ1) is 9.35. The summed E-state index contributed by atoms with van der Waals surface area (Å²) in [4.78, 5) is 18.5. The van der Waals surface area contributed by atoms with Crippen molar-refractivity contribution in [1.29, 1.82) is 0 Å². The Labute approximate surface area is 115 Å². The van der Waals surface area contributed by atoms with E-state index in [0.29, 0.717) is 0 Å². The summed E-state index contributed by atoms with van der Waals surface area (Å²) in [5.41, 5.74) is 4.65. The van der Waals surface area contributed by atoms with Crippen molar-refractivity contribution in [3.63, 3.8) is 0 Å². The van der Waals surface area contributed by atoms with E-state index in [9.17, 15) is 9.90 Å². The molecule has 6 N–H and O–H groups in total. The Morgan fingerprint density at radius 2 is 2.15 bits per heavy atom. The molecule has 11 nitrogen and oxygen atoms in total. The van der Waals surface area contributed by atoms with Crippen LogP contribution in [0.15, 0.2) is 11.1 Å². The van der Waals surface area contributed by atoms with E-state index in [1.807, 2.05) is 0 Å². The lowest BCUT2D eigenvalue weighted by atomic mass is 10.2. The molecule has 2 rings (SSSR count). The lowest BCUT2D eigenvalue weighted by Gasteiger charge is -2.13. The molecule has 1 fully saturated rings. The summed E-state index contributed by atoms with van der Waals surface area (Å²) in [6.07, 6.45) is -0.741. The fraction of sp³-hybridized carbons (Fsp3) is 0.625. The van der Waals surface area contributed by atoms with Crippen molar-refractivity contribution >= 4 is 17.3 Å². The molecule has 20 heavy (non-hydrogen) atoms. The summed E-state index contributed by atoms with van der Waals surface area (Å²) in [5, 5.41) is 18.4. The third-order valence-corrected chi connectivity index (χ3v) is 2.44. The van der Waals surface area contributed by atoms with E-state index in [2.05, 4.69) is 9.97 Å². The first kappa shape index (κ1) is 16.6. The van der Waals surface area contributed by atoms with Gasteiger partial charge in [0.15, 0.2) is 0 Å². The maximum atomic E-state index is 11.4. The number of anilines is 1. The Bertz CT molecular complexity index is 520. The first-order valence-electron chi connectivity index (χ1n) is 5.30. The van der Waals surface area contributed by atoms with E-state index < -0.39 is 35.5 Å². The van der Waals surface area contributed by atoms with Gasteiger partial charge in [-0.25, -0.2) is 9.78 Å². The Hall–Kier alpha value is -1.44. The number of hydrogen-bond acceptors (Lipinski definition) is 8. The second kappa shape index (κ2) is 7.37. The smallest absolute Gasteiger partial charge is 0.354 e. The summed E-state index contributed by atoms with van der Waals surface area (Å²) >= 11 is -2.61. The highest BCUT2D eigenvalue weighted by Crippen LogP contribution is 2.26. The van der Waals surface area contributed by atoms with E-state index in [4.69, 9.17) is 28.9 Å². The molecule has 0 unspecified atom stereocenters. The van der Waals surface area contributed by atoms with Crippen LogP contribution in [0.1, 0.15) is 12.6 Å². The molecule has 114 valence electrons. The zero-order chi connectivity index (χ0) is 15.3. The number of aliphatic hydroxyl groups is 2. The molecule has 0 aromatic carbocycles. The minimum atomic E-state index is -2.61. The largest absolute Gasteiger partial charge is 0.394 e. The molecule has 0 saturated carbocycles. The van der Waals surface area contributed by atoms with Crippen molar-refractivity contribution in [3.8, 4) is 0 Å². The molecular formula is C8H14N4O7S. The van der Waals surface area contributed by atoms with Crippen LogP contribution in [-0.2, 0) is 16.1 Å². The van der Waals surface area contributed by atoms with Crippen molar-refractivity contribution in [2.24, 2.45) is 0 Å². The molecule has 0 radical (unpaired) electrons. The van der Waals surface area contributed by atoms with Gasteiger partial charge in [-0.2, -0.15) is 9.19 Å². The van der Waals surface area contributed by atoms with Gasteiger partial charge in [0.2, 0.25) is 5.95 Å². The number of nitrogens with zero attached hydrogens (tertiary/aromatic N) is 3. The zero-order valence-corrected chi connectivity index (χ0v) is 10.9. The highest BCUT2D eigenvalue weighted by molar-refractivity contribution is 7.73. The number of nitrogen functional groups attached to an aromatic ring is 1. The summed E-state index contributed by atoms with van der Waals surface area (Å²) in [7, 11) is 0. The van der Waals surface area contributed by atoms with Crippen LogP contribution in [0.4, 0.5) is 5.95 Å². The Balaban J connectivity index is 0.000000444. The van der Waals surface area contributed by atoms with Crippen LogP contribution in [-0.4, -0.2) is 56.9 Å². The monoisotopic (exact) mass is 310 g/mol. The fourth-order valence-corrected chi connectivity index (χ4v) is 1.60. The molecular weight excluding hydrogens is 296 g/mol. The lowest BCUT2D eigenvalue weighted by molar-refractivity contribution is -0.0462. The SMILES string of the molecule is Nc1ncn([C@H]2C[C@H](O)[C@@H](CO)O2)c(=O)n1.O=S(O)O. The van der Waals surface area contributed by atoms with Crippen LogP contribution >= 0.6 is 0 Å². The molecule has 12 heteroatoms. The Kier molecular flexibility index (Phi) is 6.12. The van der Waals surface area contributed by atoms with E-state index in [-0.39, 0.29) is 19.0 Å². The molecule has 2 heterocycles. The maximum absolute atomic E-state index is 11.4. The normalized spacial score (nSPS) is 25.4. The molecule has 0 spiro atoms. The van der Waals surface area contributed by atoms with Gasteiger partial charge in [0.25, 0.3) is 11.4 Å². The maximum Gasteiger partial charge on any atom is 0.354 e. The number of aliphatic hydroxyl groups excluding tert-OH is 2. The van der Waals surface area contributed by atoms with Crippen molar-refractivity contribution < 1.29 is 28.3 Å². The van der Waals surface area contributed by atoms with Gasteiger partial charge in [0, 0.05) is 6.42 Å². The minimum Gasteiger partial charge on any atom is -0.394 e. The Morgan fingerprint density at radius 3 is 2.60 bits per heavy atom. The predicted molar refractivity (Wildman–Crippen MR) is 65.7 cm³/mol. The third kappa shape index (κ3) is 4.59. The molecule has 1 saturated heterocycles. The zero-order valence-electron chi connectivity index (χ0n) is 10.1. The molecule has 3 atom stereocenters. The van der Waals surface area contributed by atoms with Gasteiger partial charge in [-0.15, -0.1) is 0 Å². The quantitative estimate of drug-likeness (QED) is 0.367. The van der Waals surface area contributed by atoms with Gasteiger partial charge in [-0.1, -0.05) is 0 Å². The van der Waals surface area contributed by atoms with Crippen LogP contribution in [0.3, 0.4) is 0 Å². The van der Waals surface area contributed by atoms with Crippen molar-refractivity contribution in [3.05, 3.63) is 16.8 Å². The molecule has 1 aromatic rings. The summed E-state index contributed by atoms with van der Waals surface area (Å²) in [5.74, 6) is -0.112. The van der Waals surface area contributed by atoms with Crippen LogP contribution in [0.25, 0.3) is 0 Å². The highest BCUT2D eigenvalue weighted by Gasteiger charge is 2.35. The minimum absolute atomic E-state index is 0.112. The van der Waals surface area contributed by atoms with Crippen LogP contribution in [0, 0.1) is 0 Å². The van der Waals surface area contributed by atoms with Gasteiger partial charge in [-0.3, -0.25) is 13.7 Å². The second-order valence-corrected chi connectivity index (χ2v) is 4.21. The van der Waals surface area contributed by atoms with Gasteiger partial charge < -0.3 is 20.7 Å². The van der Waals surface area contributed by atoms with Crippen molar-refractivity contribution in [1.82, 2.24) is 14.5 Å². The second-order valence-electron chi connectivity index (χ2n) is 3.75. The topological polar surface area (TPSA) is 181 Å². The average molecular weight is 310 g/mol. The van der Waals surface area contributed by atoms with Crippen LogP contribution in [0.2, 0.25) is 0 Å². The number of rotatable bonds is 2. The van der Waals surface area contributed by atoms with Crippen molar-refractivity contribution in [2.75, 3.05) is 12.3 Å². The first-order valence-corrected chi connectivity index (χ1v) is 6.36. The summed E-state index contributed by atoms with van der Waals surface area (Å²) < 4.78 is 29.2. The number of aromatic nitrogens is 3. The highest BCUT2D eigenvalue weighted by atomic mass is 32.2. The van der Waals surface area contributed by atoms with Gasteiger partial charge in [-0.05, 0) is 0 Å². The van der Waals surface area contributed by atoms with E-state index >= 15 is 0 Å². The third-order valence-electron chi connectivity index (χ3n) is 2.44. The number of hydrogen-bond donors (Lipinski definition) is 5. The fourth-order valence-electron chi connectivity index (χ4n) is 1.60. The van der Waals surface area contributed by atoms with Crippen LogP contribution < -0.4 is 11.4 Å². The predicted octanol–water partition coefficient (Wildman–Crippen LogP) is -2.46. The van der Waals surface area contributed by atoms with Gasteiger partial charge in [0.1, 0.15) is 18.7 Å². The molecule has 0 bridgehead atoms. The number of ether oxygens (including phenoxy) is 1.